The number of hydrogen-bond donors (Lipinski definition) is 1. The third-order valence-electron chi connectivity index (χ3n) is 2.51. The predicted octanol–water partition coefficient (Wildman–Crippen LogP) is 1.72. The lowest BCUT2D eigenvalue weighted by Crippen LogP contribution is -2.18. The van der Waals surface area contributed by atoms with Gasteiger partial charge in [0.2, 0.25) is 0 Å². The Morgan fingerprint density at radius 1 is 1.38 bits per heavy atom. The van der Waals surface area contributed by atoms with Gasteiger partial charge in [-0.2, -0.15) is 0 Å². The largest absolute Gasteiger partial charge is 0.381 e. The van der Waals surface area contributed by atoms with E-state index in [1.165, 1.54) is 18.5 Å². The topological polar surface area (TPSA) is 39.1 Å². The molecule has 16 heavy (non-hydrogen) atoms. The Bertz CT molecular complexity index is 273. The second kappa shape index (κ2) is 8.30. The van der Waals surface area contributed by atoms with Crippen LogP contribution in [-0.2, 0) is 18.3 Å². The van der Waals surface area contributed by atoms with Gasteiger partial charge < -0.3 is 14.6 Å². The second-order valence-electron chi connectivity index (χ2n) is 3.99. The Morgan fingerprint density at radius 3 is 2.88 bits per heavy atom. The molecule has 0 spiro atoms. The van der Waals surface area contributed by atoms with Crippen LogP contribution in [0.2, 0.25) is 0 Å². The molecule has 1 N–H and O–H groups in total. The Kier molecular flexibility index (Phi) is 6.85. The van der Waals surface area contributed by atoms with Crippen molar-refractivity contribution in [1.29, 1.82) is 0 Å². The maximum absolute atomic E-state index is 5.48. The van der Waals surface area contributed by atoms with Crippen LogP contribution >= 0.6 is 0 Å². The highest BCUT2D eigenvalue weighted by Crippen LogP contribution is 1.95. The average molecular weight is 225 g/mol. The van der Waals surface area contributed by atoms with Crippen LogP contribution in [0, 0.1) is 0 Å². The average Bonchev–Trinajstić information content (AvgIpc) is 2.68. The molecule has 4 heteroatoms. The Hall–Kier alpha value is -0.870. The zero-order valence-electron chi connectivity index (χ0n) is 10.4. The van der Waals surface area contributed by atoms with E-state index >= 15 is 0 Å². The molecule has 92 valence electrons. The van der Waals surface area contributed by atoms with Crippen molar-refractivity contribution in [2.24, 2.45) is 7.05 Å². The Balaban J connectivity index is 1.91. The standard InChI is InChI=1S/C12H23N3O/c1-3-4-7-16-8-5-6-13-9-12-10-14-11-15(12)2/h10-11,13H,3-9H2,1-2H3. The minimum atomic E-state index is 0.860. The van der Waals surface area contributed by atoms with E-state index in [0.29, 0.717) is 0 Å². The highest BCUT2D eigenvalue weighted by atomic mass is 16.5. The van der Waals surface area contributed by atoms with E-state index in [1.54, 1.807) is 0 Å². The van der Waals surface area contributed by atoms with Gasteiger partial charge in [-0.15, -0.1) is 0 Å². The first-order valence-corrected chi connectivity index (χ1v) is 6.08. The molecule has 0 amide bonds. The summed E-state index contributed by atoms with van der Waals surface area (Å²) in [5, 5.41) is 3.38. The maximum atomic E-state index is 5.48. The van der Waals surface area contributed by atoms with Crippen molar-refractivity contribution < 1.29 is 4.74 Å². The molecule has 4 nitrogen and oxygen atoms in total. The third-order valence-corrected chi connectivity index (χ3v) is 2.51. The van der Waals surface area contributed by atoms with Gasteiger partial charge in [0.1, 0.15) is 0 Å². The summed E-state index contributed by atoms with van der Waals surface area (Å²) >= 11 is 0. The molecule has 1 aromatic rings. The van der Waals surface area contributed by atoms with E-state index in [2.05, 4.69) is 17.2 Å². The second-order valence-corrected chi connectivity index (χ2v) is 3.99. The van der Waals surface area contributed by atoms with E-state index in [9.17, 15) is 0 Å². The summed E-state index contributed by atoms with van der Waals surface area (Å²) in [7, 11) is 2.01. The zero-order valence-corrected chi connectivity index (χ0v) is 10.4. The lowest BCUT2D eigenvalue weighted by Gasteiger charge is -2.06. The van der Waals surface area contributed by atoms with Gasteiger partial charge in [0, 0.05) is 33.0 Å². The number of aromatic nitrogens is 2. The molecule has 0 bridgehead atoms. The predicted molar refractivity (Wildman–Crippen MR) is 65.3 cm³/mol. The van der Waals surface area contributed by atoms with Gasteiger partial charge in [0.25, 0.3) is 0 Å². The van der Waals surface area contributed by atoms with Crippen molar-refractivity contribution in [3.05, 3.63) is 18.2 Å². The van der Waals surface area contributed by atoms with E-state index < -0.39 is 0 Å². The monoisotopic (exact) mass is 225 g/mol. The molecule has 0 aromatic carbocycles. The van der Waals surface area contributed by atoms with Gasteiger partial charge in [0.05, 0.1) is 12.0 Å². The molecule has 0 aliphatic carbocycles. The fourth-order valence-corrected chi connectivity index (χ4v) is 1.42. The van der Waals surface area contributed by atoms with E-state index in [-0.39, 0.29) is 0 Å². The van der Waals surface area contributed by atoms with E-state index in [0.717, 1.165) is 32.7 Å². The minimum absolute atomic E-state index is 0.860. The normalized spacial score (nSPS) is 10.9. The Labute approximate surface area is 98.0 Å². The molecule has 0 aliphatic rings. The van der Waals surface area contributed by atoms with Gasteiger partial charge >= 0.3 is 0 Å². The first-order chi connectivity index (χ1) is 7.84. The van der Waals surface area contributed by atoms with Crippen molar-refractivity contribution in [3.8, 4) is 0 Å². The highest BCUT2D eigenvalue weighted by molar-refractivity contribution is 4.96. The van der Waals surface area contributed by atoms with Crippen molar-refractivity contribution in [2.75, 3.05) is 19.8 Å². The molecular weight excluding hydrogens is 202 g/mol. The number of hydrogen-bond acceptors (Lipinski definition) is 3. The van der Waals surface area contributed by atoms with Crippen LogP contribution in [0.4, 0.5) is 0 Å². The van der Waals surface area contributed by atoms with Crippen LogP contribution in [0.25, 0.3) is 0 Å². The van der Waals surface area contributed by atoms with Crippen LogP contribution in [0.5, 0.6) is 0 Å². The Morgan fingerprint density at radius 2 is 2.19 bits per heavy atom. The van der Waals surface area contributed by atoms with Crippen LogP contribution in [0.15, 0.2) is 12.5 Å². The lowest BCUT2D eigenvalue weighted by molar-refractivity contribution is 0.128. The molecule has 0 saturated heterocycles. The zero-order chi connectivity index (χ0) is 11.6. The molecule has 0 atom stereocenters. The smallest absolute Gasteiger partial charge is 0.0945 e. The quantitative estimate of drug-likeness (QED) is 0.650. The summed E-state index contributed by atoms with van der Waals surface area (Å²) < 4.78 is 7.51. The van der Waals surface area contributed by atoms with Gasteiger partial charge in [-0.05, 0) is 19.4 Å². The molecule has 1 rings (SSSR count). The number of unbranched alkanes of at least 4 members (excludes halogenated alkanes) is 1. The summed E-state index contributed by atoms with van der Waals surface area (Å²) in [5.41, 5.74) is 1.21. The van der Waals surface area contributed by atoms with Crippen molar-refractivity contribution in [3.63, 3.8) is 0 Å². The number of rotatable bonds is 9. The van der Waals surface area contributed by atoms with Crippen LogP contribution in [0.1, 0.15) is 31.9 Å². The van der Waals surface area contributed by atoms with Crippen LogP contribution in [-0.4, -0.2) is 29.3 Å². The molecule has 0 aliphatic heterocycles. The molecule has 1 heterocycles. The van der Waals surface area contributed by atoms with Gasteiger partial charge in [-0.1, -0.05) is 13.3 Å². The van der Waals surface area contributed by atoms with Gasteiger partial charge in [-0.25, -0.2) is 4.98 Å². The molecule has 1 aromatic heterocycles. The molecule has 0 saturated carbocycles. The summed E-state index contributed by atoms with van der Waals surface area (Å²) in [5.74, 6) is 0. The summed E-state index contributed by atoms with van der Waals surface area (Å²) in [6.07, 6.45) is 7.17. The first kappa shape index (κ1) is 13.2. The first-order valence-electron chi connectivity index (χ1n) is 6.08. The van der Waals surface area contributed by atoms with E-state index in [1.807, 2.05) is 24.1 Å². The van der Waals surface area contributed by atoms with Gasteiger partial charge in [-0.3, -0.25) is 0 Å². The fraction of sp³-hybridized carbons (Fsp3) is 0.750. The SMILES string of the molecule is CCCCOCCCNCc1cncn1C. The van der Waals surface area contributed by atoms with Crippen LogP contribution < -0.4 is 5.32 Å². The van der Waals surface area contributed by atoms with E-state index in [4.69, 9.17) is 4.74 Å². The number of aryl methyl sites for hydroxylation is 1. The number of ether oxygens (including phenoxy) is 1. The van der Waals surface area contributed by atoms with Crippen molar-refractivity contribution in [1.82, 2.24) is 14.9 Å². The van der Waals surface area contributed by atoms with Crippen LogP contribution in [0.3, 0.4) is 0 Å². The molecule has 0 radical (unpaired) electrons. The third kappa shape index (κ3) is 5.28. The molecule has 0 fully saturated rings. The highest BCUT2D eigenvalue weighted by Gasteiger charge is 1.96. The number of nitrogens with zero attached hydrogens (tertiary/aromatic N) is 2. The number of nitrogens with one attached hydrogen (secondary N) is 1. The molecule has 0 unspecified atom stereocenters. The van der Waals surface area contributed by atoms with Crippen molar-refractivity contribution in [2.45, 2.75) is 32.7 Å². The number of imidazole rings is 1. The van der Waals surface area contributed by atoms with Crippen molar-refractivity contribution >= 4 is 0 Å². The maximum Gasteiger partial charge on any atom is 0.0945 e. The summed E-state index contributed by atoms with van der Waals surface area (Å²) in [4.78, 5) is 4.07. The lowest BCUT2D eigenvalue weighted by atomic mass is 10.3. The summed E-state index contributed by atoms with van der Waals surface area (Å²) in [6, 6.07) is 0. The fourth-order valence-electron chi connectivity index (χ4n) is 1.42. The summed E-state index contributed by atoms with van der Waals surface area (Å²) in [6.45, 7) is 5.82. The van der Waals surface area contributed by atoms with Gasteiger partial charge in [0.15, 0.2) is 0 Å². The molecular formula is C12H23N3O. The minimum Gasteiger partial charge on any atom is -0.381 e.